The number of nitrogens with one attached hydrogen (secondary N) is 1. The Bertz CT molecular complexity index is 437. The molecule has 0 bridgehead atoms. The molecule has 0 spiro atoms. The first-order chi connectivity index (χ1) is 10.1. The fourth-order valence-electron chi connectivity index (χ4n) is 3.20. The smallest absolute Gasteiger partial charge is 0.0412 e. The summed E-state index contributed by atoms with van der Waals surface area (Å²) in [4.78, 5) is 2.52. The molecule has 2 rings (SSSR count). The minimum absolute atomic E-state index is 0.514. The summed E-state index contributed by atoms with van der Waals surface area (Å²) in [5.74, 6) is 0. The fraction of sp³-hybridized carbons (Fsp3) is 0.667. The SMILES string of the molecule is CC(C)NCc1cc(Br)ccc1N(C)C1CCCCCC1. The van der Waals surface area contributed by atoms with Crippen molar-refractivity contribution < 1.29 is 0 Å². The molecule has 118 valence electrons. The lowest BCUT2D eigenvalue weighted by Crippen LogP contribution is -2.32. The molecule has 0 amide bonds. The number of halogens is 1. The van der Waals surface area contributed by atoms with Gasteiger partial charge in [-0.1, -0.05) is 55.5 Å². The van der Waals surface area contributed by atoms with Gasteiger partial charge in [0.2, 0.25) is 0 Å². The summed E-state index contributed by atoms with van der Waals surface area (Å²) in [5, 5.41) is 3.55. The Morgan fingerprint density at radius 1 is 1.19 bits per heavy atom. The molecular weight excluding hydrogens is 324 g/mol. The Kier molecular flexibility index (Phi) is 6.56. The average Bonchev–Trinajstić information content (AvgIpc) is 2.73. The van der Waals surface area contributed by atoms with E-state index in [1.54, 1.807) is 0 Å². The topological polar surface area (TPSA) is 15.3 Å². The van der Waals surface area contributed by atoms with E-state index < -0.39 is 0 Å². The van der Waals surface area contributed by atoms with Crippen molar-refractivity contribution in [1.82, 2.24) is 5.32 Å². The standard InChI is InChI=1S/C18H29BrN2/c1-14(2)20-13-15-12-16(19)10-11-18(15)21(3)17-8-6-4-5-7-9-17/h10-12,14,17,20H,4-9,13H2,1-3H3. The van der Waals surface area contributed by atoms with E-state index in [1.165, 1.54) is 54.2 Å². The summed E-state index contributed by atoms with van der Waals surface area (Å²) in [6, 6.07) is 7.91. The summed E-state index contributed by atoms with van der Waals surface area (Å²) in [6.07, 6.45) is 8.25. The van der Waals surface area contributed by atoms with Crippen molar-refractivity contribution in [2.45, 2.75) is 71.0 Å². The fourth-order valence-corrected chi connectivity index (χ4v) is 3.60. The number of benzene rings is 1. The monoisotopic (exact) mass is 352 g/mol. The summed E-state index contributed by atoms with van der Waals surface area (Å²) in [6.45, 7) is 5.34. The van der Waals surface area contributed by atoms with Crippen molar-refractivity contribution in [3.05, 3.63) is 28.2 Å². The zero-order chi connectivity index (χ0) is 15.2. The summed E-state index contributed by atoms with van der Waals surface area (Å²) < 4.78 is 1.17. The molecule has 0 aliphatic heterocycles. The van der Waals surface area contributed by atoms with E-state index in [4.69, 9.17) is 0 Å². The third kappa shape index (κ3) is 5.00. The highest BCUT2D eigenvalue weighted by molar-refractivity contribution is 9.10. The lowest BCUT2D eigenvalue weighted by Gasteiger charge is -2.31. The van der Waals surface area contributed by atoms with Crippen LogP contribution in [0.25, 0.3) is 0 Å². The molecule has 1 fully saturated rings. The minimum Gasteiger partial charge on any atom is -0.371 e. The molecule has 21 heavy (non-hydrogen) atoms. The molecule has 1 saturated carbocycles. The van der Waals surface area contributed by atoms with Crippen LogP contribution in [0.5, 0.6) is 0 Å². The van der Waals surface area contributed by atoms with Gasteiger partial charge < -0.3 is 10.2 Å². The first-order valence-electron chi connectivity index (χ1n) is 8.32. The maximum absolute atomic E-state index is 3.61. The van der Waals surface area contributed by atoms with Crippen molar-refractivity contribution in [2.75, 3.05) is 11.9 Å². The van der Waals surface area contributed by atoms with Crippen LogP contribution in [0.2, 0.25) is 0 Å². The predicted octanol–water partition coefficient (Wildman–Crippen LogP) is 5.11. The highest BCUT2D eigenvalue weighted by Crippen LogP contribution is 2.29. The lowest BCUT2D eigenvalue weighted by molar-refractivity contribution is 0.547. The van der Waals surface area contributed by atoms with Gasteiger partial charge in [-0.25, -0.2) is 0 Å². The Labute approximate surface area is 138 Å². The maximum atomic E-state index is 3.61. The van der Waals surface area contributed by atoms with Gasteiger partial charge in [-0.15, -0.1) is 0 Å². The Balaban J connectivity index is 2.16. The second-order valence-electron chi connectivity index (χ2n) is 6.56. The third-order valence-electron chi connectivity index (χ3n) is 4.49. The number of anilines is 1. The van der Waals surface area contributed by atoms with E-state index >= 15 is 0 Å². The molecule has 2 nitrogen and oxygen atoms in total. The first-order valence-corrected chi connectivity index (χ1v) is 9.12. The predicted molar refractivity (Wildman–Crippen MR) is 96.0 cm³/mol. The number of hydrogen-bond acceptors (Lipinski definition) is 2. The highest BCUT2D eigenvalue weighted by Gasteiger charge is 2.19. The first kappa shape index (κ1) is 16.8. The van der Waals surface area contributed by atoms with Gasteiger partial charge in [0.1, 0.15) is 0 Å². The Morgan fingerprint density at radius 2 is 1.86 bits per heavy atom. The summed E-state index contributed by atoms with van der Waals surface area (Å²) >= 11 is 3.61. The molecular formula is C18H29BrN2. The van der Waals surface area contributed by atoms with Crippen LogP contribution in [0.1, 0.15) is 57.9 Å². The van der Waals surface area contributed by atoms with Gasteiger partial charge in [0.05, 0.1) is 0 Å². The largest absolute Gasteiger partial charge is 0.371 e. The second kappa shape index (κ2) is 8.19. The average molecular weight is 353 g/mol. The number of nitrogens with zero attached hydrogens (tertiary/aromatic N) is 1. The van der Waals surface area contributed by atoms with Crippen LogP contribution in [0.15, 0.2) is 22.7 Å². The zero-order valence-electron chi connectivity index (χ0n) is 13.7. The van der Waals surface area contributed by atoms with E-state index in [9.17, 15) is 0 Å². The number of hydrogen-bond donors (Lipinski definition) is 1. The Hall–Kier alpha value is -0.540. The van der Waals surface area contributed by atoms with Gasteiger partial charge in [-0.2, -0.15) is 0 Å². The van der Waals surface area contributed by atoms with Crippen molar-refractivity contribution in [3.63, 3.8) is 0 Å². The number of rotatable bonds is 5. The molecule has 1 N–H and O–H groups in total. The highest BCUT2D eigenvalue weighted by atomic mass is 79.9. The maximum Gasteiger partial charge on any atom is 0.0412 e. The van der Waals surface area contributed by atoms with E-state index in [2.05, 4.69) is 65.2 Å². The van der Waals surface area contributed by atoms with Crippen LogP contribution in [0.3, 0.4) is 0 Å². The molecule has 0 saturated heterocycles. The summed E-state index contributed by atoms with van der Waals surface area (Å²) in [5.41, 5.74) is 2.78. The minimum atomic E-state index is 0.514. The van der Waals surface area contributed by atoms with Crippen LogP contribution in [-0.4, -0.2) is 19.1 Å². The third-order valence-corrected chi connectivity index (χ3v) is 4.99. The molecule has 3 heteroatoms. The van der Waals surface area contributed by atoms with Crippen LogP contribution in [-0.2, 0) is 6.54 Å². The second-order valence-corrected chi connectivity index (χ2v) is 7.48. The van der Waals surface area contributed by atoms with Crippen molar-refractivity contribution in [2.24, 2.45) is 0 Å². The molecule has 0 atom stereocenters. The lowest BCUT2D eigenvalue weighted by atomic mass is 10.0. The van der Waals surface area contributed by atoms with E-state index in [1.807, 2.05) is 0 Å². The molecule has 0 radical (unpaired) electrons. The molecule has 0 unspecified atom stereocenters. The van der Waals surface area contributed by atoms with Crippen molar-refractivity contribution in [3.8, 4) is 0 Å². The van der Waals surface area contributed by atoms with Gasteiger partial charge >= 0.3 is 0 Å². The molecule has 1 aliphatic carbocycles. The van der Waals surface area contributed by atoms with Crippen molar-refractivity contribution >= 4 is 21.6 Å². The van der Waals surface area contributed by atoms with Gasteiger partial charge in [-0.3, -0.25) is 0 Å². The molecule has 0 aromatic heterocycles. The molecule has 1 aromatic rings. The van der Waals surface area contributed by atoms with E-state index in [-0.39, 0.29) is 0 Å². The zero-order valence-corrected chi connectivity index (χ0v) is 15.2. The van der Waals surface area contributed by atoms with Crippen LogP contribution in [0.4, 0.5) is 5.69 Å². The molecule has 1 aromatic carbocycles. The molecule has 1 aliphatic rings. The van der Waals surface area contributed by atoms with E-state index in [0.717, 1.165) is 6.54 Å². The van der Waals surface area contributed by atoms with Crippen LogP contribution in [0, 0.1) is 0 Å². The quantitative estimate of drug-likeness (QED) is 0.741. The van der Waals surface area contributed by atoms with Gasteiger partial charge in [0.25, 0.3) is 0 Å². The normalized spacial score (nSPS) is 17.0. The van der Waals surface area contributed by atoms with E-state index in [0.29, 0.717) is 12.1 Å². The molecule has 0 heterocycles. The van der Waals surface area contributed by atoms with Gasteiger partial charge in [0, 0.05) is 35.8 Å². The summed E-state index contributed by atoms with van der Waals surface area (Å²) in [7, 11) is 2.28. The van der Waals surface area contributed by atoms with Gasteiger partial charge in [0.15, 0.2) is 0 Å². The Morgan fingerprint density at radius 3 is 2.48 bits per heavy atom. The van der Waals surface area contributed by atoms with Crippen LogP contribution >= 0.6 is 15.9 Å². The van der Waals surface area contributed by atoms with Crippen LogP contribution < -0.4 is 10.2 Å². The van der Waals surface area contributed by atoms with Gasteiger partial charge in [-0.05, 0) is 36.6 Å². The van der Waals surface area contributed by atoms with Crippen molar-refractivity contribution in [1.29, 1.82) is 0 Å².